The molecule has 0 aromatic heterocycles. The Hall–Kier alpha value is -1.78. The van der Waals surface area contributed by atoms with E-state index in [-0.39, 0.29) is 86.7 Å². The fraction of sp³-hybridized carbons (Fsp3) is 0.500. The summed E-state index contributed by atoms with van der Waals surface area (Å²) >= 11 is 0. The monoisotopic (exact) mass is 607 g/mol. The Balaban J connectivity index is 0.000000375. The molecular weight excluding hydrogens is 569 g/mol. The Labute approximate surface area is 249 Å². The number of aliphatic hydroxyl groups excluding tert-OH is 2. The molecule has 2 aromatic carbocycles. The van der Waals surface area contributed by atoms with Crippen molar-refractivity contribution in [2.75, 3.05) is 26.2 Å². The van der Waals surface area contributed by atoms with E-state index in [1.165, 1.54) is 24.3 Å². The van der Waals surface area contributed by atoms with Crippen molar-refractivity contribution < 1.29 is 61.3 Å². The van der Waals surface area contributed by atoms with Gasteiger partial charge in [-0.1, -0.05) is 75.8 Å². The predicted molar refractivity (Wildman–Crippen MR) is 139 cm³/mol. The fourth-order valence-electron chi connectivity index (χ4n) is 3.99. The first-order chi connectivity index (χ1) is 17.6. The number of carbonyl (C=O) groups excluding carboxylic acids is 2. The number of nitrogens with one attached hydrogen (secondary N) is 2. The second-order valence-corrected chi connectivity index (χ2v) is 9.37. The maximum Gasteiger partial charge on any atom is 0.302 e. The van der Waals surface area contributed by atoms with E-state index in [0.717, 1.165) is 12.0 Å². The Bertz CT molecular complexity index is 995. The maximum absolute atomic E-state index is 14.4. The molecule has 1 radical (unpaired) electrons. The average molecular weight is 608 g/mol. The van der Waals surface area contributed by atoms with Crippen LogP contribution in [0.2, 0.25) is 0 Å². The molecule has 2 aromatic rings. The van der Waals surface area contributed by atoms with Gasteiger partial charge in [-0.05, 0) is 36.0 Å². The van der Waals surface area contributed by atoms with Crippen molar-refractivity contribution in [3.05, 3.63) is 76.6 Å². The van der Waals surface area contributed by atoms with Gasteiger partial charge in [-0.15, -0.1) is 0 Å². The van der Waals surface area contributed by atoms with Gasteiger partial charge in [-0.3, -0.25) is 9.59 Å². The van der Waals surface area contributed by atoms with Crippen molar-refractivity contribution in [3.8, 4) is 0 Å². The quantitative estimate of drug-likeness (QED) is 0.309. The number of aliphatic hydroxyl groups is 2. The topological polar surface area (TPSA) is 113 Å². The van der Waals surface area contributed by atoms with E-state index in [4.69, 9.17) is 5.11 Å². The number of benzene rings is 2. The standard InChI is InChI=1S/C17H18F2O.C11H20N3O3.Y/c1-12(2)14-9-6-10-15(11-14)17(18,19)16(20)13-7-4-3-5-8-13;1-2-12-6-10(16)14-9(7-15)5-8-3-4-13-11(8)17;/h3-12,16,20H,1-2H3;8-9,15H,2-7H2,1H3,(H,13,17)(H,14,16);/q;-1;/t;8-,9-;/m.1./s1. The van der Waals surface area contributed by atoms with E-state index in [2.05, 4.69) is 16.0 Å². The molecule has 1 fully saturated rings. The van der Waals surface area contributed by atoms with Crippen LogP contribution >= 0.6 is 0 Å². The van der Waals surface area contributed by atoms with Gasteiger partial charge in [0.2, 0.25) is 5.91 Å². The molecule has 0 saturated carbocycles. The summed E-state index contributed by atoms with van der Waals surface area (Å²) in [6.07, 6.45) is -0.587. The van der Waals surface area contributed by atoms with Gasteiger partial charge in [-0.25, -0.2) is 0 Å². The molecule has 0 spiro atoms. The normalized spacial score (nSPS) is 16.5. The van der Waals surface area contributed by atoms with Gasteiger partial charge in [0.05, 0.1) is 12.6 Å². The minimum absolute atomic E-state index is 0. The zero-order chi connectivity index (χ0) is 27.4. The SMILES string of the molecule is CC(C)c1cccc(C(F)(F)C(O)c2ccccc2)c1.CC[N-]CC(=O)N[C@@H](CO)C[C@H]1CCNC1=O.[Y]. The molecule has 3 atom stereocenters. The number of alkyl halides is 2. The van der Waals surface area contributed by atoms with Crippen molar-refractivity contribution >= 4 is 11.8 Å². The summed E-state index contributed by atoms with van der Waals surface area (Å²) in [6.45, 7) is 7.00. The van der Waals surface area contributed by atoms with Crippen LogP contribution in [0.5, 0.6) is 0 Å². The van der Waals surface area contributed by atoms with Crippen LogP contribution in [-0.2, 0) is 48.2 Å². The smallest absolute Gasteiger partial charge is 0.302 e. The van der Waals surface area contributed by atoms with Crippen LogP contribution in [-0.4, -0.2) is 54.3 Å². The van der Waals surface area contributed by atoms with Crippen LogP contribution in [0, 0.1) is 5.92 Å². The number of hydrogen-bond acceptors (Lipinski definition) is 4. The van der Waals surface area contributed by atoms with Crippen LogP contribution < -0.4 is 10.6 Å². The number of hydrogen-bond donors (Lipinski definition) is 4. The molecule has 2 amide bonds. The molecule has 3 rings (SSSR count). The third-order valence-electron chi connectivity index (χ3n) is 6.19. The predicted octanol–water partition coefficient (Wildman–Crippen LogP) is 4.02. The van der Waals surface area contributed by atoms with Gasteiger partial charge >= 0.3 is 5.92 Å². The Morgan fingerprint density at radius 3 is 2.37 bits per heavy atom. The number of carbonyl (C=O) groups is 2. The van der Waals surface area contributed by atoms with Gasteiger partial charge in [0.1, 0.15) is 6.10 Å². The summed E-state index contributed by atoms with van der Waals surface area (Å²) in [5, 5.41) is 28.5. The molecule has 1 heterocycles. The molecule has 1 aliphatic heterocycles. The van der Waals surface area contributed by atoms with E-state index in [1.807, 2.05) is 26.8 Å². The first-order valence-corrected chi connectivity index (χ1v) is 12.6. The molecule has 7 nitrogen and oxygen atoms in total. The van der Waals surface area contributed by atoms with E-state index in [1.54, 1.807) is 24.3 Å². The molecule has 0 aliphatic carbocycles. The largest absolute Gasteiger partial charge is 0.655 e. The minimum Gasteiger partial charge on any atom is -0.655 e. The Kier molecular flexibility index (Phi) is 15.3. The van der Waals surface area contributed by atoms with Gasteiger partial charge in [0, 0.05) is 50.7 Å². The van der Waals surface area contributed by atoms with Crippen molar-refractivity contribution in [3.63, 3.8) is 0 Å². The Morgan fingerprint density at radius 2 is 1.82 bits per heavy atom. The summed E-state index contributed by atoms with van der Waals surface area (Å²) in [4.78, 5) is 22.8. The zero-order valence-electron chi connectivity index (χ0n) is 22.2. The van der Waals surface area contributed by atoms with Gasteiger partial charge in [-0.2, -0.15) is 15.3 Å². The molecule has 38 heavy (non-hydrogen) atoms. The van der Waals surface area contributed by atoms with Crippen LogP contribution in [0.1, 0.15) is 62.3 Å². The van der Waals surface area contributed by atoms with Gasteiger partial charge < -0.3 is 26.2 Å². The van der Waals surface area contributed by atoms with E-state index >= 15 is 0 Å². The molecule has 0 bridgehead atoms. The summed E-state index contributed by atoms with van der Waals surface area (Å²) in [5.74, 6) is -3.44. The number of halogens is 2. The van der Waals surface area contributed by atoms with E-state index in [0.29, 0.717) is 19.5 Å². The van der Waals surface area contributed by atoms with Crippen molar-refractivity contribution in [1.82, 2.24) is 10.6 Å². The molecular formula is C28H38F2N3O4Y-. The summed E-state index contributed by atoms with van der Waals surface area (Å²) in [6, 6.07) is 13.9. The maximum atomic E-state index is 14.4. The number of rotatable bonds is 11. The second-order valence-electron chi connectivity index (χ2n) is 9.37. The first kappa shape index (κ1) is 34.3. The number of amides is 2. The van der Waals surface area contributed by atoms with Crippen LogP contribution in [0.3, 0.4) is 0 Å². The first-order valence-electron chi connectivity index (χ1n) is 12.6. The fourth-order valence-corrected chi connectivity index (χ4v) is 3.99. The number of nitrogens with zero attached hydrogens (tertiary/aromatic N) is 1. The van der Waals surface area contributed by atoms with Crippen molar-refractivity contribution in [1.29, 1.82) is 0 Å². The molecule has 10 heteroatoms. The third kappa shape index (κ3) is 10.4. The molecule has 1 saturated heterocycles. The summed E-state index contributed by atoms with van der Waals surface area (Å²) in [5.41, 5.74) is 0.898. The number of likely N-dealkylation sites (N-methyl/N-ethyl adjacent to an activating group) is 1. The molecule has 1 unspecified atom stereocenters. The molecule has 4 N–H and O–H groups in total. The molecule has 207 valence electrons. The minimum atomic E-state index is -3.31. The zero-order valence-corrected chi connectivity index (χ0v) is 25.1. The van der Waals surface area contributed by atoms with Crippen molar-refractivity contribution in [2.45, 2.75) is 57.6 Å². The van der Waals surface area contributed by atoms with E-state index < -0.39 is 12.0 Å². The Morgan fingerprint density at radius 1 is 1.16 bits per heavy atom. The average Bonchev–Trinajstić information content (AvgIpc) is 3.31. The van der Waals surface area contributed by atoms with Crippen molar-refractivity contribution in [2.24, 2.45) is 5.92 Å². The van der Waals surface area contributed by atoms with Crippen LogP contribution in [0.4, 0.5) is 8.78 Å². The van der Waals surface area contributed by atoms with Gasteiger partial charge in [0.15, 0.2) is 5.91 Å². The van der Waals surface area contributed by atoms with Gasteiger partial charge in [0.25, 0.3) is 0 Å². The van der Waals surface area contributed by atoms with Crippen LogP contribution in [0.15, 0.2) is 54.6 Å². The molecule has 1 aliphatic rings. The second kappa shape index (κ2) is 17.0. The third-order valence-corrected chi connectivity index (χ3v) is 6.19. The summed E-state index contributed by atoms with van der Waals surface area (Å²) in [7, 11) is 0. The summed E-state index contributed by atoms with van der Waals surface area (Å²) < 4.78 is 28.9. The van der Waals surface area contributed by atoms with Crippen LogP contribution in [0.25, 0.3) is 5.32 Å². The van der Waals surface area contributed by atoms with E-state index in [9.17, 15) is 23.5 Å².